The minimum absolute atomic E-state index is 0.257. The molecular formula is C23H16BrF2N3O. The summed E-state index contributed by atoms with van der Waals surface area (Å²) in [6, 6.07) is 18.6. The second kappa shape index (κ2) is 8.59. The van der Waals surface area contributed by atoms with E-state index in [0.29, 0.717) is 17.8 Å². The highest BCUT2D eigenvalue weighted by atomic mass is 79.9. The number of hydrogen-bond acceptors (Lipinski definition) is 2. The Bertz CT molecular complexity index is 1210. The van der Waals surface area contributed by atoms with Crippen LogP contribution in [0.25, 0.3) is 16.8 Å². The van der Waals surface area contributed by atoms with Gasteiger partial charge < -0.3 is 5.32 Å². The Morgan fingerprint density at radius 3 is 2.43 bits per heavy atom. The Balaban J connectivity index is 1.53. The van der Waals surface area contributed by atoms with Crippen LogP contribution in [0.3, 0.4) is 0 Å². The van der Waals surface area contributed by atoms with E-state index in [2.05, 4.69) is 26.2 Å². The smallest absolute Gasteiger partial charge is 0.270 e. The van der Waals surface area contributed by atoms with Gasteiger partial charge in [0.2, 0.25) is 0 Å². The Morgan fingerprint density at radius 1 is 0.967 bits per heavy atom. The van der Waals surface area contributed by atoms with Crippen LogP contribution >= 0.6 is 15.9 Å². The summed E-state index contributed by atoms with van der Waals surface area (Å²) in [5, 5.41) is 2.89. The van der Waals surface area contributed by atoms with Crippen molar-refractivity contribution in [1.82, 2.24) is 14.9 Å². The van der Waals surface area contributed by atoms with Crippen molar-refractivity contribution in [3.05, 3.63) is 107 Å². The third-order valence-electron chi connectivity index (χ3n) is 4.67. The van der Waals surface area contributed by atoms with Crippen LogP contribution in [0.5, 0.6) is 0 Å². The van der Waals surface area contributed by atoms with E-state index in [-0.39, 0.29) is 5.91 Å². The number of halogens is 3. The fourth-order valence-electron chi connectivity index (χ4n) is 3.07. The van der Waals surface area contributed by atoms with E-state index in [4.69, 9.17) is 0 Å². The molecule has 0 aliphatic rings. The molecule has 0 radical (unpaired) electrons. The van der Waals surface area contributed by atoms with Gasteiger partial charge in [0.15, 0.2) is 11.6 Å². The van der Waals surface area contributed by atoms with Gasteiger partial charge in [0.25, 0.3) is 5.91 Å². The maximum Gasteiger partial charge on any atom is 0.270 e. The topological polar surface area (TPSA) is 46.9 Å². The predicted octanol–water partition coefficient (Wildman–Crippen LogP) is 5.51. The van der Waals surface area contributed by atoms with Gasteiger partial charge in [-0.15, -0.1) is 0 Å². The lowest BCUT2D eigenvalue weighted by atomic mass is 10.1. The number of hydrogen-bond donors (Lipinski definition) is 1. The minimum atomic E-state index is -0.893. The molecule has 1 aromatic heterocycles. The number of nitrogens with zero attached hydrogens (tertiary/aromatic N) is 2. The predicted molar refractivity (Wildman–Crippen MR) is 114 cm³/mol. The van der Waals surface area contributed by atoms with Crippen LogP contribution in [0.2, 0.25) is 0 Å². The summed E-state index contributed by atoms with van der Waals surface area (Å²) < 4.78 is 29.2. The third-order valence-corrected chi connectivity index (χ3v) is 5.44. The molecule has 30 heavy (non-hydrogen) atoms. The molecule has 0 bridgehead atoms. The van der Waals surface area contributed by atoms with E-state index in [1.54, 1.807) is 35.2 Å². The van der Waals surface area contributed by atoms with Gasteiger partial charge in [-0.2, -0.15) is 0 Å². The SMILES string of the molecule is O=C(NCc1ccccc1Br)c1cncn1-c1ccc(-c2ccc(F)c(F)c2)cc1. The summed E-state index contributed by atoms with van der Waals surface area (Å²) in [6.07, 6.45) is 3.05. The van der Waals surface area contributed by atoms with Gasteiger partial charge in [-0.3, -0.25) is 9.36 Å². The van der Waals surface area contributed by atoms with Gasteiger partial charge in [0, 0.05) is 16.7 Å². The normalized spacial score (nSPS) is 10.8. The standard InChI is InChI=1S/C23H16BrF2N3O/c24-19-4-2-1-3-17(19)12-28-23(30)22-13-27-14-29(22)18-8-5-15(6-9-18)16-7-10-20(25)21(26)11-16/h1-11,13-14H,12H2,(H,28,30). The second-order valence-electron chi connectivity index (χ2n) is 6.60. The number of aromatic nitrogens is 2. The number of benzene rings is 3. The Kier molecular flexibility index (Phi) is 5.72. The quantitative estimate of drug-likeness (QED) is 0.420. The van der Waals surface area contributed by atoms with Crippen molar-refractivity contribution < 1.29 is 13.6 Å². The molecule has 3 aromatic carbocycles. The van der Waals surface area contributed by atoms with Gasteiger partial charge in [0.1, 0.15) is 5.69 Å². The molecule has 4 nitrogen and oxygen atoms in total. The number of carbonyl (C=O) groups excluding carboxylic acids is 1. The molecule has 7 heteroatoms. The van der Waals surface area contributed by atoms with Crippen molar-refractivity contribution in [3.8, 4) is 16.8 Å². The van der Waals surface area contributed by atoms with Crippen molar-refractivity contribution in [2.75, 3.05) is 0 Å². The number of rotatable bonds is 5. The van der Waals surface area contributed by atoms with E-state index in [1.807, 2.05) is 24.3 Å². The van der Waals surface area contributed by atoms with Crippen molar-refractivity contribution in [2.24, 2.45) is 0 Å². The molecule has 150 valence electrons. The molecule has 0 aliphatic carbocycles. The van der Waals surface area contributed by atoms with Crippen LogP contribution in [0, 0.1) is 11.6 Å². The molecule has 0 aliphatic heterocycles. The summed E-state index contributed by atoms with van der Waals surface area (Å²) in [5.41, 5.74) is 3.38. The first kappa shape index (κ1) is 20.0. The monoisotopic (exact) mass is 467 g/mol. The minimum Gasteiger partial charge on any atom is -0.347 e. The van der Waals surface area contributed by atoms with Crippen molar-refractivity contribution in [1.29, 1.82) is 0 Å². The Labute approximate surface area is 180 Å². The lowest BCUT2D eigenvalue weighted by Gasteiger charge is -2.11. The molecule has 0 saturated carbocycles. The van der Waals surface area contributed by atoms with Gasteiger partial charge >= 0.3 is 0 Å². The average molecular weight is 468 g/mol. The first-order chi connectivity index (χ1) is 14.5. The van der Waals surface area contributed by atoms with E-state index >= 15 is 0 Å². The van der Waals surface area contributed by atoms with Crippen molar-refractivity contribution in [2.45, 2.75) is 6.54 Å². The van der Waals surface area contributed by atoms with E-state index in [1.165, 1.54) is 12.3 Å². The molecule has 0 atom stereocenters. The number of amides is 1. The van der Waals surface area contributed by atoms with Crippen LogP contribution in [0.4, 0.5) is 8.78 Å². The van der Waals surface area contributed by atoms with Gasteiger partial charge in [0.05, 0.1) is 12.5 Å². The summed E-state index contributed by atoms with van der Waals surface area (Å²) in [7, 11) is 0. The summed E-state index contributed by atoms with van der Waals surface area (Å²) in [4.78, 5) is 16.8. The molecule has 4 aromatic rings. The average Bonchev–Trinajstić information content (AvgIpc) is 3.25. The molecule has 0 spiro atoms. The fourth-order valence-corrected chi connectivity index (χ4v) is 3.49. The zero-order valence-corrected chi connectivity index (χ0v) is 17.2. The first-order valence-corrected chi connectivity index (χ1v) is 9.92. The lowest BCUT2D eigenvalue weighted by molar-refractivity contribution is 0.0944. The zero-order chi connectivity index (χ0) is 21.1. The highest BCUT2D eigenvalue weighted by Gasteiger charge is 2.14. The molecule has 1 amide bonds. The molecule has 0 unspecified atom stereocenters. The van der Waals surface area contributed by atoms with Gasteiger partial charge in [-0.05, 0) is 47.0 Å². The van der Waals surface area contributed by atoms with Crippen LogP contribution in [0.15, 0.2) is 83.7 Å². The van der Waals surface area contributed by atoms with Crippen LogP contribution < -0.4 is 5.32 Å². The van der Waals surface area contributed by atoms with E-state index in [0.717, 1.165) is 33.4 Å². The fraction of sp³-hybridized carbons (Fsp3) is 0.0435. The van der Waals surface area contributed by atoms with Crippen LogP contribution in [-0.2, 0) is 6.54 Å². The third kappa shape index (κ3) is 4.16. The molecule has 0 saturated heterocycles. The summed E-state index contributed by atoms with van der Waals surface area (Å²) >= 11 is 3.47. The highest BCUT2D eigenvalue weighted by molar-refractivity contribution is 9.10. The molecular weight excluding hydrogens is 452 g/mol. The Morgan fingerprint density at radius 2 is 1.70 bits per heavy atom. The van der Waals surface area contributed by atoms with Gasteiger partial charge in [-0.25, -0.2) is 13.8 Å². The van der Waals surface area contributed by atoms with Gasteiger partial charge in [-0.1, -0.05) is 52.3 Å². The van der Waals surface area contributed by atoms with Crippen molar-refractivity contribution in [3.63, 3.8) is 0 Å². The summed E-state index contributed by atoms with van der Waals surface area (Å²) in [5.74, 6) is -2.03. The Hall–Kier alpha value is -3.32. The first-order valence-electron chi connectivity index (χ1n) is 9.13. The number of nitrogens with one attached hydrogen (secondary N) is 1. The molecule has 1 N–H and O–H groups in total. The number of imidazole rings is 1. The lowest BCUT2D eigenvalue weighted by Crippen LogP contribution is -2.25. The largest absolute Gasteiger partial charge is 0.347 e. The molecule has 1 heterocycles. The van der Waals surface area contributed by atoms with Crippen LogP contribution in [-0.4, -0.2) is 15.5 Å². The molecule has 4 rings (SSSR count). The van der Waals surface area contributed by atoms with Crippen molar-refractivity contribution >= 4 is 21.8 Å². The molecule has 0 fully saturated rings. The zero-order valence-electron chi connectivity index (χ0n) is 15.6. The number of carbonyl (C=O) groups is 1. The van der Waals surface area contributed by atoms with E-state index < -0.39 is 11.6 Å². The van der Waals surface area contributed by atoms with Crippen LogP contribution in [0.1, 0.15) is 16.1 Å². The maximum atomic E-state index is 13.5. The second-order valence-corrected chi connectivity index (χ2v) is 7.45. The maximum absolute atomic E-state index is 13.5. The highest BCUT2D eigenvalue weighted by Crippen LogP contribution is 2.23. The summed E-state index contributed by atoms with van der Waals surface area (Å²) in [6.45, 7) is 0.376. The van der Waals surface area contributed by atoms with E-state index in [9.17, 15) is 13.6 Å².